The monoisotopic (exact) mass is 606 g/mol. The van der Waals surface area contributed by atoms with Crippen molar-refractivity contribution in [1.29, 1.82) is 5.26 Å². The Kier molecular flexibility index (Phi) is 8.69. The third-order valence-electron chi connectivity index (χ3n) is 8.49. The number of anilines is 2. The standard InChI is InChI=1S/C34H38N8O3/c1-4-24-17-29-30(38-32(24)44)16-23(19-36-29)20-41-11-13-42(14-12-41)28-9-6-25(7-10-28)33-39-40-34(45-33)31(22(3)43)37-27-8-5-26(18-35)21(2)15-27/h5-10,15-17,19,22,31,33,37,39,43H,4,11-14,20H2,1-3H3,(H,38,44)/t22-,31+,33?/m0/s1. The maximum Gasteiger partial charge on any atom is 0.251 e. The SMILES string of the molecule is CCc1cc2ncc(CN3CCN(c4ccc(C5NN=C([C@H](Nc6ccc(C#N)c(C)c6)[C@H](C)O)O5)cc4)CC3)cc2[nH]c1=O. The van der Waals surface area contributed by atoms with Gasteiger partial charge in [0.1, 0.15) is 6.04 Å². The molecule has 0 amide bonds. The number of aromatic amines is 1. The maximum atomic E-state index is 12.3. The van der Waals surface area contributed by atoms with Gasteiger partial charge >= 0.3 is 0 Å². The van der Waals surface area contributed by atoms with Gasteiger partial charge in [0.25, 0.3) is 5.56 Å². The van der Waals surface area contributed by atoms with E-state index in [-0.39, 0.29) is 5.56 Å². The Morgan fingerprint density at radius 2 is 1.91 bits per heavy atom. The Hall–Kier alpha value is -4.92. The highest BCUT2D eigenvalue weighted by atomic mass is 16.5. The minimum absolute atomic E-state index is 0.0393. The van der Waals surface area contributed by atoms with Crippen molar-refractivity contribution in [3.05, 3.63) is 99.0 Å². The van der Waals surface area contributed by atoms with E-state index in [9.17, 15) is 15.2 Å². The molecule has 1 unspecified atom stereocenters. The number of pyridine rings is 2. The number of H-pyrrole nitrogens is 1. The third-order valence-corrected chi connectivity index (χ3v) is 8.49. The molecule has 1 saturated heterocycles. The van der Waals surface area contributed by atoms with Gasteiger partial charge in [0, 0.05) is 61.4 Å². The second-order valence-electron chi connectivity index (χ2n) is 11.7. The molecule has 232 valence electrons. The summed E-state index contributed by atoms with van der Waals surface area (Å²) in [5, 5.41) is 27.4. The molecule has 2 aliphatic heterocycles. The van der Waals surface area contributed by atoms with Crippen LogP contribution in [0.4, 0.5) is 11.4 Å². The number of rotatable bonds is 9. The van der Waals surface area contributed by atoms with Gasteiger partial charge in [-0.05, 0) is 73.9 Å². The smallest absolute Gasteiger partial charge is 0.251 e. The van der Waals surface area contributed by atoms with Gasteiger partial charge in [-0.2, -0.15) is 5.26 Å². The first-order chi connectivity index (χ1) is 21.8. The summed E-state index contributed by atoms with van der Waals surface area (Å²) in [7, 11) is 0. The predicted molar refractivity (Wildman–Crippen MR) is 175 cm³/mol. The minimum atomic E-state index is -0.767. The van der Waals surface area contributed by atoms with Crippen LogP contribution in [0.25, 0.3) is 11.0 Å². The summed E-state index contributed by atoms with van der Waals surface area (Å²) in [6.07, 6.45) is 1.37. The fourth-order valence-electron chi connectivity index (χ4n) is 5.83. The molecule has 2 aromatic heterocycles. The Labute approximate surface area is 262 Å². The van der Waals surface area contributed by atoms with E-state index in [1.54, 1.807) is 13.0 Å². The summed E-state index contributed by atoms with van der Waals surface area (Å²) in [5.74, 6) is 0.371. The summed E-state index contributed by atoms with van der Waals surface area (Å²) in [5.41, 5.74) is 10.8. The van der Waals surface area contributed by atoms with E-state index in [1.165, 1.54) is 0 Å². The molecule has 4 heterocycles. The molecule has 0 bridgehead atoms. The number of hydrogen-bond acceptors (Lipinski definition) is 10. The van der Waals surface area contributed by atoms with Crippen molar-refractivity contribution < 1.29 is 9.84 Å². The summed E-state index contributed by atoms with van der Waals surface area (Å²) in [4.78, 5) is 24.6. The lowest BCUT2D eigenvalue weighted by Crippen LogP contribution is -2.46. The van der Waals surface area contributed by atoms with Crippen LogP contribution in [0.1, 0.15) is 47.9 Å². The zero-order valence-electron chi connectivity index (χ0n) is 25.7. The van der Waals surface area contributed by atoms with Gasteiger partial charge < -0.3 is 25.0 Å². The van der Waals surface area contributed by atoms with E-state index in [0.717, 1.165) is 77.4 Å². The molecule has 0 saturated carbocycles. The number of hydrazone groups is 1. The van der Waals surface area contributed by atoms with Gasteiger partial charge in [-0.15, -0.1) is 5.10 Å². The van der Waals surface area contributed by atoms with Gasteiger partial charge in [0.2, 0.25) is 12.1 Å². The molecule has 0 spiro atoms. The third kappa shape index (κ3) is 6.62. The first kappa shape index (κ1) is 30.1. The molecule has 11 nitrogen and oxygen atoms in total. The first-order valence-corrected chi connectivity index (χ1v) is 15.3. The summed E-state index contributed by atoms with van der Waals surface area (Å²) in [6, 6.07) is 19.3. The van der Waals surface area contributed by atoms with Gasteiger partial charge in [0.05, 0.1) is 28.8 Å². The van der Waals surface area contributed by atoms with E-state index in [2.05, 4.69) is 53.8 Å². The lowest BCUT2D eigenvalue weighted by atomic mass is 10.1. The zero-order valence-corrected chi connectivity index (χ0v) is 25.7. The number of aliphatic hydroxyl groups is 1. The Balaban J connectivity index is 1.02. The van der Waals surface area contributed by atoms with Crippen LogP contribution in [-0.4, -0.2) is 64.2 Å². The highest BCUT2D eigenvalue weighted by Crippen LogP contribution is 2.26. The average molecular weight is 607 g/mol. The van der Waals surface area contributed by atoms with Crippen molar-refractivity contribution in [3.63, 3.8) is 0 Å². The van der Waals surface area contributed by atoms with Crippen molar-refractivity contribution in [2.45, 2.75) is 52.1 Å². The highest BCUT2D eigenvalue weighted by Gasteiger charge is 2.31. The van der Waals surface area contributed by atoms with E-state index in [4.69, 9.17) is 4.74 Å². The molecule has 4 aromatic rings. The molecule has 4 N–H and O–H groups in total. The molecule has 2 aliphatic rings. The van der Waals surface area contributed by atoms with Crippen molar-refractivity contribution in [2.75, 3.05) is 36.4 Å². The molecule has 1 fully saturated rings. The number of nitriles is 1. The largest absolute Gasteiger partial charge is 0.448 e. The van der Waals surface area contributed by atoms with Gasteiger partial charge in [-0.3, -0.25) is 20.1 Å². The Morgan fingerprint density at radius 3 is 2.60 bits per heavy atom. The van der Waals surface area contributed by atoms with Gasteiger partial charge in [0.15, 0.2) is 0 Å². The van der Waals surface area contributed by atoms with Gasteiger partial charge in [-0.25, -0.2) is 0 Å². The van der Waals surface area contributed by atoms with Crippen LogP contribution in [0.5, 0.6) is 0 Å². The van der Waals surface area contributed by atoms with Crippen LogP contribution in [0.3, 0.4) is 0 Å². The van der Waals surface area contributed by atoms with Crippen molar-refractivity contribution in [3.8, 4) is 6.07 Å². The average Bonchev–Trinajstić information content (AvgIpc) is 3.54. The number of nitrogens with zero attached hydrogens (tertiary/aromatic N) is 5. The zero-order chi connectivity index (χ0) is 31.5. The lowest BCUT2D eigenvalue weighted by Gasteiger charge is -2.36. The van der Waals surface area contributed by atoms with E-state index in [1.807, 2.05) is 56.4 Å². The van der Waals surface area contributed by atoms with Crippen LogP contribution in [0.15, 0.2) is 70.7 Å². The van der Waals surface area contributed by atoms with Crippen molar-refractivity contribution >= 4 is 28.3 Å². The second kappa shape index (κ2) is 13.0. The number of nitrogens with one attached hydrogen (secondary N) is 3. The number of ether oxygens (including phenoxy) is 1. The van der Waals surface area contributed by atoms with E-state index in [0.29, 0.717) is 17.9 Å². The fraction of sp³-hybridized carbons (Fsp3) is 0.353. The topological polar surface area (TPSA) is 142 Å². The molecule has 0 aliphatic carbocycles. The molecule has 11 heteroatoms. The fourth-order valence-corrected chi connectivity index (χ4v) is 5.83. The quantitative estimate of drug-likeness (QED) is 0.224. The molecule has 2 aromatic carbocycles. The lowest BCUT2D eigenvalue weighted by molar-refractivity contribution is 0.154. The maximum absolute atomic E-state index is 12.3. The van der Waals surface area contributed by atoms with Crippen LogP contribution in [0.2, 0.25) is 0 Å². The van der Waals surface area contributed by atoms with Crippen molar-refractivity contribution in [1.82, 2.24) is 20.3 Å². The van der Waals surface area contributed by atoms with Crippen LogP contribution in [0, 0.1) is 18.3 Å². The number of piperazine rings is 1. The summed E-state index contributed by atoms with van der Waals surface area (Å²) >= 11 is 0. The normalized spacial score (nSPS) is 18.1. The Morgan fingerprint density at radius 1 is 1.13 bits per heavy atom. The number of hydrogen-bond donors (Lipinski definition) is 4. The van der Waals surface area contributed by atoms with Crippen molar-refractivity contribution in [2.24, 2.45) is 5.10 Å². The molecule has 6 rings (SSSR count). The Bertz CT molecular complexity index is 1800. The van der Waals surface area contributed by atoms with Crippen LogP contribution < -0.4 is 21.2 Å². The van der Waals surface area contributed by atoms with Gasteiger partial charge in [-0.1, -0.05) is 19.1 Å². The molecule has 45 heavy (non-hydrogen) atoms. The number of aliphatic hydroxyl groups excluding tert-OH is 1. The molecular formula is C34H38N8O3. The highest BCUT2D eigenvalue weighted by molar-refractivity contribution is 5.86. The number of benzene rings is 2. The molecule has 0 radical (unpaired) electrons. The molecular weight excluding hydrogens is 568 g/mol. The number of aryl methyl sites for hydroxylation is 2. The first-order valence-electron chi connectivity index (χ1n) is 15.3. The minimum Gasteiger partial charge on any atom is -0.448 e. The summed E-state index contributed by atoms with van der Waals surface area (Å²) in [6.45, 7) is 9.96. The van der Waals surface area contributed by atoms with Crippen LogP contribution in [-0.2, 0) is 17.7 Å². The number of fused-ring (bicyclic) bond motifs is 1. The van der Waals surface area contributed by atoms with Crippen LogP contribution >= 0.6 is 0 Å². The second-order valence-corrected chi connectivity index (χ2v) is 11.7. The summed E-state index contributed by atoms with van der Waals surface area (Å²) < 4.78 is 6.14. The predicted octanol–water partition coefficient (Wildman–Crippen LogP) is 3.78. The van der Waals surface area contributed by atoms with E-state index >= 15 is 0 Å². The number of aromatic nitrogens is 2. The molecule has 3 atom stereocenters. The van der Waals surface area contributed by atoms with E-state index < -0.39 is 18.4 Å².